The number of benzene rings is 2. The highest BCUT2D eigenvalue weighted by Gasteiger charge is 2.29. The van der Waals surface area contributed by atoms with Gasteiger partial charge in [0.1, 0.15) is 5.82 Å². The zero-order valence-electron chi connectivity index (χ0n) is 13.3. The van der Waals surface area contributed by atoms with E-state index in [-0.39, 0.29) is 28.7 Å². The van der Waals surface area contributed by atoms with Gasteiger partial charge in [-0.15, -0.1) is 0 Å². The Balaban J connectivity index is 1.99. The highest BCUT2D eigenvalue weighted by Crippen LogP contribution is 2.36. The predicted octanol–water partition coefficient (Wildman–Crippen LogP) is 2.33. The van der Waals surface area contributed by atoms with Crippen LogP contribution in [0.2, 0.25) is 0 Å². The number of nitrogens with two attached hydrogens (primary N) is 1. The van der Waals surface area contributed by atoms with E-state index < -0.39 is 20.8 Å². The van der Waals surface area contributed by atoms with Crippen molar-refractivity contribution in [1.82, 2.24) is 0 Å². The maximum Gasteiger partial charge on any atom is 0.274 e. The summed E-state index contributed by atoms with van der Waals surface area (Å²) in [5.74, 6) is -0.544. The van der Waals surface area contributed by atoms with Crippen LogP contribution in [0, 0.1) is 15.9 Å². The molecule has 2 aromatic carbocycles. The summed E-state index contributed by atoms with van der Waals surface area (Å²) in [6.45, 7) is 2.07. The Morgan fingerprint density at radius 1 is 1.32 bits per heavy atom. The predicted molar refractivity (Wildman–Crippen MR) is 90.2 cm³/mol. The summed E-state index contributed by atoms with van der Waals surface area (Å²) in [5.41, 5.74) is 1.67. The molecule has 0 saturated heterocycles. The Hall–Kier alpha value is -2.52. The Bertz CT molecular complexity index is 962. The number of rotatable bonds is 4. The minimum atomic E-state index is -3.80. The lowest BCUT2D eigenvalue weighted by atomic mass is 10.1. The molecule has 0 saturated carbocycles. The molecule has 0 radical (unpaired) electrons. The largest absolute Gasteiger partial charge is 0.364 e. The molecule has 1 aliphatic rings. The topological polar surface area (TPSA) is 107 Å². The number of nitro groups is 1. The lowest BCUT2D eigenvalue weighted by Crippen LogP contribution is -2.29. The quantitative estimate of drug-likeness (QED) is 0.661. The maximum absolute atomic E-state index is 13.5. The lowest BCUT2D eigenvalue weighted by Gasteiger charge is -2.25. The molecular formula is C16H16FN3O4S. The molecule has 0 fully saturated rings. The number of hydrogen-bond acceptors (Lipinski definition) is 5. The normalized spacial score (nSPS) is 16.8. The average Bonchev–Trinajstić information content (AvgIpc) is 2.81. The molecule has 1 heterocycles. The fourth-order valence-corrected chi connectivity index (χ4v) is 3.70. The van der Waals surface area contributed by atoms with Gasteiger partial charge in [-0.05, 0) is 49.2 Å². The standard InChI is InChI=1S/C16H16FN3O4S/c1-10-6-11-8-14(25(18,23)24)3-5-15(11)19(10)9-12-7-13(17)2-4-16(12)20(21)22/h2-5,7-8,10H,6,9H2,1H3,(H2,18,23,24). The van der Waals surface area contributed by atoms with Gasteiger partial charge in [-0.2, -0.15) is 0 Å². The van der Waals surface area contributed by atoms with Gasteiger partial charge < -0.3 is 4.90 Å². The van der Waals surface area contributed by atoms with Gasteiger partial charge in [0.05, 0.1) is 21.9 Å². The van der Waals surface area contributed by atoms with E-state index in [1.54, 1.807) is 6.07 Å². The second kappa shape index (κ2) is 6.08. The first-order valence-electron chi connectivity index (χ1n) is 7.52. The van der Waals surface area contributed by atoms with Crippen molar-refractivity contribution in [2.45, 2.75) is 30.8 Å². The molecule has 0 spiro atoms. The first-order valence-corrected chi connectivity index (χ1v) is 9.06. The third-order valence-corrected chi connectivity index (χ3v) is 5.23. The fourth-order valence-electron chi connectivity index (χ4n) is 3.13. The van der Waals surface area contributed by atoms with Gasteiger partial charge >= 0.3 is 0 Å². The highest BCUT2D eigenvalue weighted by atomic mass is 32.2. The summed E-state index contributed by atoms with van der Waals surface area (Å²) in [6, 6.07) is 7.89. The molecule has 25 heavy (non-hydrogen) atoms. The summed E-state index contributed by atoms with van der Waals surface area (Å²) < 4.78 is 36.5. The number of primary sulfonamides is 1. The number of sulfonamides is 1. The van der Waals surface area contributed by atoms with Gasteiger partial charge in [-0.3, -0.25) is 10.1 Å². The van der Waals surface area contributed by atoms with Crippen LogP contribution in [0.1, 0.15) is 18.1 Å². The summed E-state index contributed by atoms with van der Waals surface area (Å²) >= 11 is 0. The van der Waals surface area contributed by atoms with Gasteiger partial charge in [0.25, 0.3) is 5.69 Å². The molecule has 7 nitrogen and oxygen atoms in total. The number of hydrogen-bond donors (Lipinski definition) is 1. The number of halogens is 1. The Morgan fingerprint density at radius 2 is 2.04 bits per heavy atom. The van der Waals surface area contributed by atoms with Crippen LogP contribution in [-0.2, 0) is 23.0 Å². The van der Waals surface area contributed by atoms with Crippen molar-refractivity contribution in [2.75, 3.05) is 4.90 Å². The molecular weight excluding hydrogens is 349 g/mol. The van der Waals surface area contributed by atoms with E-state index in [0.717, 1.165) is 29.4 Å². The Morgan fingerprint density at radius 3 is 2.68 bits per heavy atom. The van der Waals surface area contributed by atoms with Crippen molar-refractivity contribution < 1.29 is 17.7 Å². The third-order valence-electron chi connectivity index (χ3n) is 4.32. The fraction of sp³-hybridized carbons (Fsp3) is 0.250. The molecule has 0 amide bonds. The number of nitro benzene ring substituents is 1. The molecule has 1 atom stereocenters. The monoisotopic (exact) mass is 365 g/mol. The Labute approximate surface area is 144 Å². The zero-order valence-corrected chi connectivity index (χ0v) is 14.2. The molecule has 2 aromatic rings. The van der Waals surface area contributed by atoms with Crippen molar-refractivity contribution in [3.63, 3.8) is 0 Å². The van der Waals surface area contributed by atoms with Crippen LogP contribution < -0.4 is 10.0 Å². The van der Waals surface area contributed by atoms with E-state index in [2.05, 4.69) is 0 Å². The van der Waals surface area contributed by atoms with E-state index >= 15 is 0 Å². The molecule has 9 heteroatoms. The minimum Gasteiger partial charge on any atom is -0.364 e. The lowest BCUT2D eigenvalue weighted by molar-refractivity contribution is -0.385. The van der Waals surface area contributed by atoms with E-state index in [1.165, 1.54) is 12.1 Å². The van der Waals surface area contributed by atoms with E-state index in [1.807, 2.05) is 11.8 Å². The van der Waals surface area contributed by atoms with E-state index in [4.69, 9.17) is 5.14 Å². The van der Waals surface area contributed by atoms with Crippen LogP contribution in [0.5, 0.6) is 0 Å². The van der Waals surface area contributed by atoms with Crippen molar-refractivity contribution >= 4 is 21.4 Å². The van der Waals surface area contributed by atoms with Crippen LogP contribution in [0.3, 0.4) is 0 Å². The molecule has 0 aromatic heterocycles. The van der Waals surface area contributed by atoms with Gasteiger partial charge in [0.2, 0.25) is 10.0 Å². The smallest absolute Gasteiger partial charge is 0.274 e. The molecule has 2 N–H and O–H groups in total. The number of fused-ring (bicyclic) bond motifs is 1. The van der Waals surface area contributed by atoms with Crippen LogP contribution >= 0.6 is 0 Å². The molecule has 1 aliphatic heterocycles. The number of nitrogens with zero attached hydrogens (tertiary/aromatic N) is 2. The number of anilines is 1. The molecule has 1 unspecified atom stereocenters. The summed E-state index contributed by atoms with van der Waals surface area (Å²) in [7, 11) is -3.80. The van der Waals surface area contributed by atoms with Crippen LogP contribution in [0.25, 0.3) is 0 Å². The van der Waals surface area contributed by atoms with E-state index in [9.17, 15) is 22.9 Å². The molecule has 0 bridgehead atoms. The highest BCUT2D eigenvalue weighted by molar-refractivity contribution is 7.89. The summed E-state index contributed by atoms with van der Waals surface area (Å²) in [4.78, 5) is 12.5. The van der Waals surface area contributed by atoms with Crippen LogP contribution in [-0.4, -0.2) is 19.4 Å². The Kier molecular flexibility index (Phi) is 4.21. The third kappa shape index (κ3) is 3.33. The zero-order chi connectivity index (χ0) is 18.4. The second-order valence-electron chi connectivity index (χ2n) is 6.05. The average molecular weight is 365 g/mol. The minimum absolute atomic E-state index is 0.0198. The molecule has 132 valence electrons. The van der Waals surface area contributed by atoms with Crippen LogP contribution in [0.15, 0.2) is 41.3 Å². The first kappa shape index (κ1) is 17.3. The van der Waals surface area contributed by atoms with Crippen molar-refractivity contribution in [1.29, 1.82) is 0 Å². The van der Waals surface area contributed by atoms with Gasteiger partial charge in [-0.1, -0.05) is 0 Å². The van der Waals surface area contributed by atoms with E-state index in [0.29, 0.717) is 6.42 Å². The van der Waals surface area contributed by atoms with Crippen molar-refractivity contribution in [3.05, 3.63) is 63.5 Å². The summed E-state index contributed by atoms with van der Waals surface area (Å²) in [5, 5.41) is 16.3. The first-order chi connectivity index (χ1) is 11.7. The van der Waals surface area contributed by atoms with Gasteiger partial charge in [-0.25, -0.2) is 17.9 Å². The molecule has 0 aliphatic carbocycles. The van der Waals surface area contributed by atoms with Gasteiger partial charge in [0.15, 0.2) is 0 Å². The SMILES string of the molecule is CC1Cc2cc(S(N)(=O)=O)ccc2N1Cc1cc(F)ccc1[N+](=O)[O-]. The van der Waals surface area contributed by atoms with Crippen molar-refractivity contribution in [3.8, 4) is 0 Å². The second-order valence-corrected chi connectivity index (χ2v) is 7.61. The molecule has 3 rings (SSSR count). The van der Waals surface area contributed by atoms with Gasteiger partial charge in [0, 0.05) is 17.8 Å². The van der Waals surface area contributed by atoms with Crippen LogP contribution in [0.4, 0.5) is 15.8 Å². The van der Waals surface area contributed by atoms with Crippen molar-refractivity contribution in [2.24, 2.45) is 5.14 Å². The summed E-state index contributed by atoms with van der Waals surface area (Å²) in [6.07, 6.45) is 0.571. The maximum atomic E-state index is 13.5.